The molecule has 0 radical (unpaired) electrons. The Morgan fingerprint density at radius 2 is 1.93 bits per heavy atom. The van der Waals surface area contributed by atoms with Crippen LogP contribution in [0.1, 0.15) is 5.56 Å². The highest BCUT2D eigenvalue weighted by Crippen LogP contribution is 2.35. The van der Waals surface area contributed by atoms with E-state index in [-0.39, 0.29) is 5.91 Å². The lowest BCUT2D eigenvalue weighted by molar-refractivity contribution is -0.121. The molecule has 3 nitrogen and oxygen atoms in total. The van der Waals surface area contributed by atoms with Gasteiger partial charge in [-0.15, -0.1) is 4.67 Å². The Morgan fingerprint density at radius 1 is 1.21 bits per heavy atom. The van der Waals surface area contributed by atoms with Crippen LogP contribution in [0.3, 0.4) is 0 Å². The van der Waals surface area contributed by atoms with Crippen molar-refractivity contribution in [2.45, 2.75) is 6.54 Å². The molecule has 2 rings (SSSR count). The van der Waals surface area contributed by atoms with E-state index in [1.807, 2.05) is 30.3 Å². The molecule has 0 saturated heterocycles. The van der Waals surface area contributed by atoms with E-state index < -0.39 is 7.95 Å². The van der Waals surface area contributed by atoms with E-state index >= 15 is 0 Å². The number of carbonyl (C=O) groups is 1. The fourth-order valence-corrected chi connectivity index (χ4v) is 2.27. The largest absolute Gasteiger partial charge is 0.497 e. The van der Waals surface area contributed by atoms with Crippen LogP contribution in [0.25, 0.3) is 0 Å². The zero-order valence-electron chi connectivity index (χ0n) is 7.46. The van der Waals surface area contributed by atoms with Crippen molar-refractivity contribution in [3.05, 3.63) is 47.8 Å². The van der Waals surface area contributed by atoms with Crippen molar-refractivity contribution >= 4 is 13.9 Å². The van der Waals surface area contributed by atoms with Crippen LogP contribution in [0.15, 0.2) is 42.2 Å². The molecule has 0 spiro atoms. The van der Waals surface area contributed by atoms with Gasteiger partial charge in [0, 0.05) is 0 Å². The first-order chi connectivity index (χ1) is 6.77. The SMILES string of the molecule is O=C1C=C[P+](=O)N1Cc1ccccc1. The predicted octanol–water partition coefficient (Wildman–Crippen LogP) is 2.28. The average Bonchev–Trinajstić information content (AvgIpc) is 2.51. The van der Waals surface area contributed by atoms with Crippen molar-refractivity contribution in [3.63, 3.8) is 0 Å². The molecule has 1 aromatic rings. The molecule has 0 N–H and O–H groups in total. The van der Waals surface area contributed by atoms with E-state index in [0.717, 1.165) is 5.56 Å². The summed E-state index contributed by atoms with van der Waals surface area (Å²) in [5, 5.41) is 0. The molecule has 1 heterocycles. The van der Waals surface area contributed by atoms with Crippen molar-refractivity contribution in [2.75, 3.05) is 0 Å². The molecule has 4 heteroatoms. The van der Waals surface area contributed by atoms with E-state index in [1.54, 1.807) is 0 Å². The van der Waals surface area contributed by atoms with Gasteiger partial charge in [-0.25, -0.2) is 0 Å². The Morgan fingerprint density at radius 3 is 2.50 bits per heavy atom. The molecule has 0 fully saturated rings. The molecule has 1 aromatic carbocycles. The fraction of sp³-hybridized carbons (Fsp3) is 0.100. The highest BCUT2D eigenvalue weighted by atomic mass is 31.1. The molecule has 0 aromatic heterocycles. The molecule has 0 saturated carbocycles. The molecular weight excluding hydrogens is 197 g/mol. The Balaban J connectivity index is 2.13. The van der Waals surface area contributed by atoms with Crippen LogP contribution >= 0.6 is 7.95 Å². The van der Waals surface area contributed by atoms with Gasteiger partial charge in [0.25, 0.3) is 5.91 Å². The smallest absolute Gasteiger partial charge is 0.266 e. The minimum absolute atomic E-state index is 0.171. The number of nitrogens with zero attached hydrogens (tertiary/aromatic N) is 1. The molecule has 1 aliphatic heterocycles. The second-order valence-corrected chi connectivity index (χ2v) is 4.39. The predicted molar refractivity (Wildman–Crippen MR) is 53.7 cm³/mol. The van der Waals surface area contributed by atoms with Crippen molar-refractivity contribution in [1.29, 1.82) is 0 Å². The van der Waals surface area contributed by atoms with Gasteiger partial charge >= 0.3 is 7.95 Å². The maximum Gasteiger partial charge on any atom is 0.497 e. The third-order valence-electron chi connectivity index (χ3n) is 2.01. The van der Waals surface area contributed by atoms with E-state index in [4.69, 9.17) is 0 Å². The number of amides is 1. The summed E-state index contributed by atoms with van der Waals surface area (Å²) in [6, 6.07) is 9.53. The summed E-state index contributed by atoms with van der Waals surface area (Å²) in [4.78, 5) is 11.2. The summed E-state index contributed by atoms with van der Waals surface area (Å²) in [7, 11) is -1.64. The lowest BCUT2D eigenvalue weighted by atomic mass is 10.2. The summed E-state index contributed by atoms with van der Waals surface area (Å²) in [6.45, 7) is 0.419. The lowest BCUT2D eigenvalue weighted by Gasteiger charge is -2.04. The molecule has 1 aliphatic rings. The molecule has 1 amide bonds. The van der Waals surface area contributed by atoms with Gasteiger partial charge in [0.2, 0.25) is 0 Å². The molecule has 0 aliphatic carbocycles. The van der Waals surface area contributed by atoms with Crippen LogP contribution in [0.5, 0.6) is 0 Å². The molecule has 1 atom stereocenters. The molecular formula is C10H9NO2P+. The third-order valence-corrected chi connectivity index (χ3v) is 3.23. The maximum absolute atomic E-state index is 11.4. The standard InChI is InChI=1S/C10H9NO2P/c12-10-6-7-14(13)11(10)8-9-4-2-1-3-5-9/h1-7H,8H2/q+1. The van der Waals surface area contributed by atoms with E-state index in [2.05, 4.69) is 0 Å². The van der Waals surface area contributed by atoms with Crippen LogP contribution in [0, 0.1) is 0 Å². The van der Waals surface area contributed by atoms with Gasteiger partial charge in [-0.05, 0) is 10.1 Å². The van der Waals surface area contributed by atoms with Crippen molar-refractivity contribution in [1.82, 2.24) is 4.67 Å². The van der Waals surface area contributed by atoms with E-state index in [9.17, 15) is 9.36 Å². The van der Waals surface area contributed by atoms with Gasteiger partial charge in [-0.3, -0.25) is 4.79 Å². The van der Waals surface area contributed by atoms with Gasteiger partial charge in [0.05, 0.1) is 12.6 Å². The van der Waals surface area contributed by atoms with E-state index in [1.165, 1.54) is 16.6 Å². The minimum atomic E-state index is -1.64. The molecule has 70 valence electrons. The minimum Gasteiger partial charge on any atom is -0.266 e. The number of carbonyl (C=O) groups excluding carboxylic acids is 1. The van der Waals surface area contributed by atoms with Crippen LogP contribution in [-0.2, 0) is 15.9 Å². The van der Waals surface area contributed by atoms with Gasteiger partial charge in [-0.2, -0.15) is 0 Å². The number of benzene rings is 1. The average molecular weight is 206 g/mol. The Kier molecular flexibility index (Phi) is 2.42. The molecule has 0 bridgehead atoms. The Hall–Kier alpha value is -1.47. The third kappa shape index (κ3) is 1.73. The van der Waals surface area contributed by atoms with Crippen LogP contribution in [-0.4, -0.2) is 10.6 Å². The topological polar surface area (TPSA) is 37.4 Å². The van der Waals surface area contributed by atoms with Crippen molar-refractivity contribution < 1.29 is 9.36 Å². The summed E-state index contributed by atoms with van der Waals surface area (Å²) in [5.41, 5.74) is 0.993. The highest BCUT2D eigenvalue weighted by Gasteiger charge is 2.35. The van der Waals surface area contributed by atoms with Crippen LogP contribution < -0.4 is 0 Å². The summed E-state index contributed by atoms with van der Waals surface area (Å²) >= 11 is 0. The first kappa shape index (κ1) is 9.10. The summed E-state index contributed by atoms with van der Waals surface area (Å²) < 4.78 is 12.7. The van der Waals surface area contributed by atoms with E-state index in [0.29, 0.717) is 6.54 Å². The zero-order chi connectivity index (χ0) is 9.97. The Labute approximate surface area is 82.9 Å². The fourth-order valence-electron chi connectivity index (χ4n) is 1.30. The Bertz CT molecular complexity index is 382. The molecule has 14 heavy (non-hydrogen) atoms. The lowest BCUT2D eigenvalue weighted by Crippen LogP contribution is -2.17. The van der Waals surface area contributed by atoms with Gasteiger partial charge in [0.15, 0.2) is 5.82 Å². The van der Waals surface area contributed by atoms with Crippen molar-refractivity contribution in [3.8, 4) is 0 Å². The number of hydrogen-bond acceptors (Lipinski definition) is 2. The number of rotatable bonds is 2. The van der Waals surface area contributed by atoms with Crippen LogP contribution in [0.2, 0.25) is 0 Å². The summed E-state index contributed by atoms with van der Waals surface area (Å²) in [5.74, 6) is 1.27. The normalized spacial score (nSPS) is 17.9. The second-order valence-electron chi connectivity index (χ2n) is 3.00. The first-order valence-electron chi connectivity index (χ1n) is 4.27. The van der Waals surface area contributed by atoms with Crippen molar-refractivity contribution in [2.24, 2.45) is 0 Å². The number of hydrogen-bond donors (Lipinski definition) is 0. The first-order valence-corrected chi connectivity index (χ1v) is 5.55. The summed E-state index contributed by atoms with van der Waals surface area (Å²) in [6.07, 6.45) is 1.36. The quantitative estimate of drug-likeness (QED) is 0.696. The van der Waals surface area contributed by atoms with Crippen LogP contribution in [0.4, 0.5) is 0 Å². The highest BCUT2D eigenvalue weighted by molar-refractivity contribution is 7.47. The van der Waals surface area contributed by atoms with Gasteiger partial charge in [-0.1, -0.05) is 30.3 Å². The van der Waals surface area contributed by atoms with Gasteiger partial charge in [0.1, 0.15) is 0 Å². The monoisotopic (exact) mass is 206 g/mol. The zero-order valence-corrected chi connectivity index (χ0v) is 8.35. The molecule has 1 unspecified atom stereocenters. The maximum atomic E-state index is 11.4. The second kappa shape index (κ2) is 3.72. The van der Waals surface area contributed by atoms with Gasteiger partial charge < -0.3 is 0 Å².